The van der Waals surface area contributed by atoms with Crippen molar-refractivity contribution < 1.29 is 14.0 Å². The predicted molar refractivity (Wildman–Crippen MR) is 99.2 cm³/mol. The van der Waals surface area contributed by atoms with Gasteiger partial charge in [-0.05, 0) is 57.8 Å². The molecule has 3 saturated heterocycles. The van der Waals surface area contributed by atoms with Gasteiger partial charge in [-0.1, -0.05) is 24.3 Å². The molecule has 26 heavy (non-hydrogen) atoms. The van der Waals surface area contributed by atoms with Crippen LogP contribution in [0.3, 0.4) is 0 Å². The molecule has 3 aliphatic rings. The van der Waals surface area contributed by atoms with E-state index < -0.39 is 0 Å². The van der Waals surface area contributed by atoms with Gasteiger partial charge in [-0.2, -0.15) is 0 Å². The van der Waals surface area contributed by atoms with Crippen molar-refractivity contribution in [3.8, 4) is 11.3 Å². The van der Waals surface area contributed by atoms with E-state index in [0.29, 0.717) is 29.0 Å². The lowest BCUT2D eigenvalue weighted by Crippen LogP contribution is -2.62. The van der Waals surface area contributed by atoms with Crippen molar-refractivity contribution in [2.45, 2.75) is 38.8 Å². The van der Waals surface area contributed by atoms with Gasteiger partial charge in [-0.25, -0.2) is 0 Å². The predicted octanol–water partition coefficient (Wildman–Crippen LogP) is 3.36. The van der Waals surface area contributed by atoms with Crippen LogP contribution >= 0.6 is 0 Å². The zero-order valence-electron chi connectivity index (χ0n) is 15.2. The summed E-state index contributed by atoms with van der Waals surface area (Å²) in [6.07, 6.45) is 2.29. The first-order valence-corrected chi connectivity index (χ1v) is 9.29. The second-order valence-corrected chi connectivity index (χ2v) is 7.38. The first kappa shape index (κ1) is 17.0. The highest BCUT2D eigenvalue weighted by molar-refractivity contribution is 6.00. The average molecular weight is 352 g/mol. The summed E-state index contributed by atoms with van der Waals surface area (Å²) in [6.45, 7) is 5.98. The molecule has 4 heterocycles. The molecule has 3 fully saturated rings. The van der Waals surface area contributed by atoms with Crippen LogP contribution < -0.4 is 5.32 Å². The Hall–Kier alpha value is -2.40. The molecule has 2 aromatic rings. The molecular formula is C21H24N2O3. The molecule has 3 aliphatic heterocycles. The van der Waals surface area contributed by atoms with Crippen molar-refractivity contribution in [2.24, 2.45) is 5.92 Å². The quantitative estimate of drug-likeness (QED) is 0.857. The summed E-state index contributed by atoms with van der Waals surface area (Å²) in [5.41, 5.74) is 1.31. The van der Waals surface area contributed by atoms with Gasteiger partial charge in [-0.15, -0.1) is 0 Å². The molecule has 5 rings (SSSR count). The highest BCUT2D eigenvalue weighted by atomic mass is 16.4. The highest BCUT2D eigenvalue weighted by Crippen LogP contribution is 2.32. The SMILES string of the molecule is CC(=O)c1ccccc1-c1ccc(C(=O)N[C@@H]2C3CCN(CC3)[C@H]2C)o1. The Balaban J connectivity index is 1.53. The first-order valence-electron chi connectivity index (χ1n) is 9.29. The Morgan fingerprint density at radius 3 is 2.54 bits per heavy atom. The molecule has 1 aromatic heterocycles. The van der Waals surface area contributed by atoms with E-state index in [2.05, 4.69) is 17.1 Å². The molecule has 0 aliphatic carbocycles. The monoisotopic (exact) mass is 352 g/mol. The third kappa shape index (κ3) is 2.97. The van der Waals surface area contributed by atoms with Crippen LogP contribution in [0.2, 0.25) is 0 Å². The third-order valence-electron chi connectivity index (χ3n) is 5.88. The standard InChI is InChI=1S/C21H24N2O3/c1-13-20(15-9-11-23(13)12-10-15)22-21(25)19-8-7-18(26-19)17-6-4-3-5-16(17)14(2)24/h3-8,13,15,20H,9-12H2,1-2H3,(H,22,25)/t13-,20-/m0/s1. The number of carbonyl (C=O) groups is 2. The van der Waals surface area contributed by atoms with Crippen LogP contribution in [0, 0.1) is 5.92 Å². The minimum atomic E-state index is -0.179. The largest absolute Gasteiger partial charge is 0.451 e. The number of benzene rings is 1. The van der Waals surface area contributed by atoms with Gasteiger partial charge in [0.15, 0.2) is 11.5 Å². The molecule has 0 spiro atoms. The number of hydrogen-bond acceptors (Lipinski definition) is 4. The number of ketones is 1. The van der Waals surface area contributed by atoms with Crippen molar-refractivity contribution in [3.05, 3.63) is 47.7 Å². The number of hydrogen-bond donors (Lipinski definition) is 1. The number of amides is 1. The summed E-state index contributed by atoms with van der Waals surface area (Å²) in [4.78, 5) is 27.0. The molecule has 5 nitrogen and oxygen atoms in total. The molecule has 2 atom stereocenters. The number of Topliss-reactive ketones (excluding diaryl/α,β-unsaturated/α-hetero) is 1. The van der Waals surface area contributed by atoms with Crippen LogP contribution in [0.15, 0.2) is 40.8 Å². The van der Waals surface area contributed by atoms with Crippen molar-refractivity contribution in [2.75, 3.05) is 13.1 Å². The molecule has 0 unspecified atom stereocenters. The summed E-state index contributed by atoms with van der Waals surface area (Å²) < 4.78 is 5.80. The fraction of sp³-hybridized carbons (Fsp3) is 0.429. The lowest BCUT2D eigenvalue weighted by molar-refractivity contribution is 0.0211. The van der Waals surface area contributed by atoms with Gasteiger partial charge in [0.1, 0.15) is 5.76 Å². The third-order valence-corrected chi connectivity index (χ3v) is 5.88. The van der Waals surface area contributed by atoms with E-state index in [1.807, 2.05) is 18.2 Å². The topological polar surface area (TPSA) is 62.6 Å². The molecule has 1 N–H and O–H groups in total. The molecule has 2 bridgehead atoms. The number of nitrogens with one attached hydrogen (secondary N) is 1. The minimum absolute atomic E-state index is 0.0240. The minimum Gasteiger partial charge on any atom is -0.451 e. The van der Waals surface area contributed by atoms with Crippen molar-refractivity contribution in [3.63, 3.8) is 0 Å². The van der Waals surface area contributed by atoms with Crippen LogP contribution in [0.25, 0.3) is 11.3 Å². The Bertz CT molecular complexity index is 831. The van der Waals surface area contributed by atoms with Gasteiger partial charge in [-0.3, -0.25) is 14.5 Å². The van der Waals surface area contributed by atoms with Crippen LogP contribution in [0.1, 0.15) is 47.6 Å². The number of piperidine rings is 3. The van der Waals surface area contributed by atoms with Crippen LogP contribution in [0.4, 0.5) is 0 Å². The summed E-state index contributed by atoms with van der Waals surface area (Å²) >= 11 is 0. The normalized spacial score (nSPS) is 27.3. The zero-order chi connectivity index (χ0) is 18.3. The van der Waals surface area contributed by atoms with E-state index in [-0.39, 0.29) is 17.7 Å². The Kier molecular flexibility index (Phi) is 4.41. The lowest BCUT2D eigenvalue weighted by Gasteiger charge is -2.49. The van der Waals surface area contributed by atoms with Gasteiger partial charge in [0.2, 0.25) is 0 Å². The maximum atomic E-state index is 12.7. The summed E-state index contributed by atoms with van der Waals surface area (Å²) in [5.74, 6) is 1.18. The number of furan rings is 1. The number of fused-ring (bicyclic) bond motifs is 3. The molecule has 0 radical (unpaired) electrons. The van der Waals surface area contributed by atoms with Gasteiger partial charge < -0.3 is 9.73 Å². The first-order chi connectivity index (χ1) is 12.5. The summed E-state index contributed by atoms with van der Waals surface area (Å²) in [5, 5.41) is 3.18. The zero-order valence-corrected chi connectivity index (χ0v) is 15.2. The average Bonchev–Trinajstić information content (AvgIpc) is 3.15. The second-order valence-electron chi connectivity index (χ2n) is 7.38. The van der Waals surface area contributed by atoms with Crippen LogP contribution in [-0.2, 0) is 0 Å². The summed E-state index contributed by atoms with van der Waals surface area (Å²) in [7, 11) is 0. The molecule has 0 saturated carbocycles. The fourth-order valence-corrected chi connectivity index (χ4v) is 4.38. The number of rotatable bonds is 4. The van der Waals surface area contributed by atoms with Crippen LogP contribution in [-0.4, -0.2) is 41.8 Å². The molecule has 1 aromatic carbocycles. The fourth-order valence-electron chi connectivity index (χ4n) is 4.38. The smallest absolute Gasteiger partial charge is 0.287 e. The van der Waals surface area contributed by atoms with E-state index in [0.717, 1.165) is 31.5 Å². The van der Waals surface area contributed by atoms with Gasteiger partial charge in [0, 0.05) is 23.2 Å². The highest BCUT2D eigenvalue weighted by Gasteiger charge is 2.40. The van der Waals surface area contributed by atoms with Crippen molar-refractivity contribution in [1.29, 1.82) is 0 Å². The Morgan fingerprint density at radius 2 is 1.85 bits per heavy atom. The maximum Gasteiger partial charge on any atom is 0.287 e. The molecule has 5 heteroatoms. The lowest BCUT2D eigenvalue weighted by atomic mass is 9.79. The second kappa shape index (κ2) is 6.72. The number of carbonyl (C=O) groups excluding carboxylic acids is 2. The van der Waals surface area contributed by atoms with E-state index in [4.69, 9.17) is 4.42 Å². The Labute approximate surface area is 153 Å². The van der Waals surface area contributed by atoms with Crippen molar-refractivity contribution in [1.82, 2.24) is 10.2 Å². The van der Waals surface area contributed by atoms with E-state index in [1.165, 1.54) is 6.92 Å². The van der Waals surface area contributed by atoms with Gasteiger partial charge in [0.05, 0.1) is 0 Å². The van der Waals surface area contributed by atoms with Crippen LogP contribution in [0.5, 0.6) is 0 Å². The maximum absolute atomic E-state index is 12.7. The Morgan fingerprint density at radius 1 is 1.12 bits per heavy atom. The van der Waals surface area contributed by atoms with Gasteiger partial charge in [0.25, 0.3) is 5.91 Å². The number of nitrogens with zero attached hydrogens (tertiary/aromatic N) is 1. The van der Waals surface area contributed by atoms with E-state index >= 15 is 0 Å². The van der Waals surface area contributed by atoms with Crippen molar-refractivity contribution >= 4 is 11.7 Å². The molecular weight excluding hydrogens is 328 g/mol. The molecule has 136 valence electrons. The summed E-state index contributed by atoms with van der Waals surface area (Å²) in [6, 6.07) is 11.3. The molecule has 1 amide bonds. The van der Waals surface area contributed by atoms with E-state index in [1.54, 1.807) is 18.2 Å². The van der Waals surface area contributed by atoms with E-state index in [9.17, 15) is 9.59 Å². The van der Waals surface area contributed by atoms with Gasteiger partial charge >= 0.3 is 0 Å².